The Bertz CT molecular complexity index is 1250. The first-order valence-electron chi connectivity index (χ1n) is 14.2. The van der Waals surface area contributed by atoms with Crippen molar-refractivity contribution in [2.24, 2.45) is 11.8 Å². The smallest absolute Gasteiger partial charge is 0.319 e. The quantitative estimate of drug-likeness (QED) is 0.296. The number of carbonyl (C=O) groups is 1. The SMILES string of the molecule is C=C(c1cccc(F)c1)N1CCC(C(=O)N2CCC(C(=C)N(c3ccccc3C)C(F)F)CC2)C/C1=C/CCC. The fourth-order valence-corrected chi connectivity index (χ4v) is 5.85. The van der Waals surface area contributed by atoms with Crippen molar-refractivity contribution in [1.29, 1.82) is 0 Å². The van der Waals surface area contributed by atoms with Crippen LogP contribution in [0.5, 0.6) is 0 Å². The van der Waals surface area contributed by atoms with Gasteiger partial charge in [0.2, 0.25) is 5.91 Å². The Morgan fingerprint density at radius 3 is 2.40 bits per heavy atom. The number of carbonyl (C=O) groups excluding carboxylic acids is 1. The molecule has 2 aliphatic rings. The lowest BCUT2D eigenvalue weighted by Crippen LogP contribution is -2.45. The van der Waals surface area contributed by atoms with Gasteiger partial charge in [-0.3, -0.25) is 9.69 Å². The Morgan fingerprint density at radius 1 is 1.05 bits per heavy atom. The zero-order valence-electron chi connectivity index (χ0n) is 23.6. The number of amides is 1. The molecule has 2 fully saturated rings. The van der Waals surface area contributed by atoms with Crippen molar-refractivity contribution < 1.29 is 18.0 Å². The molecule has 2 saturated heterocycles. The Labute approximate surface area is 236 Å². The maximum atomic E-state index is 14.1. The second-order valence-electron chi connectivity index (χ2n) is 10.8. The molecular formula is C33H40F3N3O. The zero-order chi connectivity index (χ0) is 28.8. The van der Waals surface area contributed by atoms with Gasteiger partial charge in [0.05, 0.1) is 0 Å². The van der Waals surface area contributed by atoms with Gasteiger partial charge in [-0.15, -0.1) is 0 Å². The third kappa shape index (κ3) is 6.62. The third-order valence-corrected chi connectivity index (χ3v) is 8.16. The number of hydrogen-bond donors (Lipinski definition) is 0. The molecule has 0 aliphatic carbocycles. The topological polar surface area (TPSA) is 26.8 Å². The van der Waals surface area contributed by atoms with E-state index >= 15 is 0 Å². The van der Waals surface area contributed by atoms with Gasteiger partial charge >= 0.3 is 6.55 Å². The van der Waals surface area contributed by atoms with E-state index in [0.717, 1.165) is 40.3 Å². The first-order chi connectivity index (χ1) is 19.2. The largest absolute Gasteiger partial charge is 0.345 e. The van der Waals surface area contributed by atoms with E-state index in [-0.39, 0.29) is 23.6 Å². The highest BCUT2D eigenvalue weighted by molar-refractivity contribution is 5.80. The van der Waals surface area contributed by atoms with Gasteiger partial charge in [-0.2, -0.15) is 8.78 Å². The van der Waals surface area contributed by atoms with Crippen LogP contribution in [0.25, 0.3) is 5.70 Å². The summed E-state index contributed by atoms with van der Waals surface area (Å²) in [4.78, 5) is 18.7. The van der Waals surface area contributed by atoms with Gasteiger partial charge in [0.1, 0.15) is 5.82 Å². The summed E-state index contributed by atoms with van der Waals surface area (Å²) >= 11 is 0. The first-order valence-corrected chi connectivity index (χ1v) is 14.2. The van der Waals surface area contributed by atoms with Crippen molar-refractivity contribution in [2.45, 2.75) is 58.9 Å². The summed E-state index contributed by atoms with van der Waals surface area (Å²) in [5.74, 6) is -0.449. The molecule has 1 amide bonds. The molecule has 1 atom stereocenters. The molecule has 0 aromatic heterocycles. The standard InChI is InChI=1S/C33H40F3N3O/c1-5-6-13-30-22-28(17-20-38(30)24(3)27-11-9-12-29(34)21-27)32(40)37-18-15-26(16-19-37)25(4)39(33(35)36)31-14-8-7-10-23(31)2/h7-14,21,26,28,33H,3-6,15-20,22H2,1-2H3/b30-13-. The molecule has 1 unspecified atom stereocenters. The summed E-state index contributed by atoms with van der Waals surface area (Å²) < 4.78 is 42.1. The van der Waals surface area contributed by atoms with E-state index in [4.69, 9.17) is 0 Å². The maximum absolute atomic E-state index is 14.1. The average molecular weight is 552 g/mol. The lowest BCUT2D eigenvalue weighted by molar-refractivity contribution is -0.137. The van der Waals surface area contributed by atoms with Crippen LogP contribution in [0.3, 0.4) is 0 Å². The Hall–Kier alpha value is -3.48. The predicted molar refractivity (Wildman–Crippen MR) is 156 cm³/mol. The van der Waals surface area contributed by atoms with Gasteiger partial charge in [-0.25, -0.2) is 4.39 Å². The molecule has 7 heteroatoms. The molecule has 214 valence electrons. The predicted octanol–water partition coefficient (Wildman–Crippen LogP) is 7.98. The van der Waals surface area contributed by atoms with E-state index in [2.05, 4.69) is 31.1 Å². The minimum atomic E-state index is -2.69. The van der Waals surface area contributed by atoms with E-state index in [1.165, 1.54) is 12.1 Å². The second-order valence-corrected chi connectivity index (χ2v) is 10.8. The van der Waals surface area contributed by atoms with Gasteiger partial charge in [0, 0.05) is 59.8 Å². The van der Waals surface area contributed by atoms with Gasteiger partial charge in [0.15, 0.2) is 0 Å². The number of hydrogen-bond acceptors (Lipinski definition) is 3. The van der Waals surface area contributed by atoms with Gasteiger partial charge < -0.3 is 9.80 Å². The lowest BCUT2D eigenvalue weighted by atomic mass is 9.88. The average Bonchev–Trinajstić information content (AvgIpc) is 2.96. The van der Waals surface area contributed by atoms with Crippen LogP contribution < -0.4 is 4.90 Å². The van der Waals surface area contributed by atoms with Crippen LogP contribution >= 0.6 is 0 Å². The van der Waals surface area contributed by atoms with E-state index in [1.807, 2.05) is 30.0 Å². The number of unbranched alkanes of at least 4 members (excludes halogenated alkanes) is 1. The number of alkyl halides is 2. The highest BCUT2D eigenvalue weighted by Gasteiger charge is 2.35. The van der Waals surface area contributed by atoms with Crippen molar-refractivity contribution in [2.75, 3.05) is 24.5 Å². The van der Waals surface area contributed by atoms with Gasteiger partial charge in [0.25, 0.3) is 0 Å². The minimum absolute atomic E-state index is 0.117. The molecule has 2 aliphatic heterocycles. The fraction of sp³-hybridized carbons (Fsp3) is 0.424. The molecule has 0 N–H and O–H groups in total. The van der Waals surface area contributed by atoms with Crippen LogP contribution in [0.1, 0.15) is 56.6 Å². The van der Waals surface area contributed by atoms with Gasteiger partial charge in [-0.1, -0.05) is 62.9 Å². The first kappa shape index (κ1) is 29.5. The molecular weight excluding hydrogens is 511 g/mol. The Kier molecular flexibility index (Phi) is 9.77. The number of likely N-dealkylation sites (tertiary alicyclic amines) is 2. The van der Waals surface area contributed by atoms with Crippen molar-refractivity contribution >= 4 is 17.3 Å². The summed E-state index contributed by atoms with van der Waals surface area (Å²) in [6, 6.07) is 13.6. The summed E-state index contributed by atoms with van der Waals surface area (Å²) in [6.07, 6.45) is 6.53. The molecule has 0 radical (unpaired) electrons. The normalized spacial score (nSPS) is 19.2. The van der Waals surface area contributed by atoms with Gasteiger partial charge in [-0.05, 0) is 62.8 Å². The number of piperidine rings is 2. The van der Waals surface area contributed by atoms with Crippen molar-refractivity contribution in [3.05, 3.63) is 96.1 Å². The maximum Gasteiger partial charge on any atom is 0.319 e. The minimum Gasteiger partial charge on any atom is -0.345 e. The molecule has 0 saturated carbocycles. The molecule has 40 heavy (non-hydrogen) atoms. The molecule has 0 bridgehead atoms. The number of rotatable bonds is 9. The highest BCUT2D eigenvalue weighted by atomic mass is 19.3. The van der Waals surface area contributed by atoms with Crippen molar-refractivity contribution in [1.82, 2.24) is 9.80 Å². The van der Waals surface area contributed by atoms with Crippen LogP contribution in [-0.4, -0.2) is 41.9 Å². The summed E-state index contributed by atoms with van der Waals surface area (Å²) in [5.41, 5.74) is 4.18. The molecule has 4 nitrogen and oxygen atoms in total. The molecule has 2 aromatic rings. The number of aryl methyl sites for hydroxylation is 1. The zero-order valence-corrected chi connectivity index (χ0v) is 23.6. The Morgan fingerprint density at radius 2 is 1.75 bits per heavy atom. The number of allylic oxidation sites excluding steroid dienone is 3. The monoisotopic (exact) mass is 551 g/mol. The van der Waals surface area contributed by atoms with Crippen LogP contribution in [0.4, 0.5) is 18.9 Å². The number of anilines is 1. The molecule has 2 aromatic carbocycles. The molecule has 4 rings (SSSR count). The van der Waals surface area contributed by atoms with Crippen LogP contribution in [0.15, 0.2) is 79.2 Å². The van der Waals surface area contributed by atoms with Crippen LogP contribution in [0, 0.1) is 24.6 Å². The fourth-order valence-electron chi connectivity index (χ4n) is 5.85. The number of halogens is 3. The Balaban J connectivity index is 1.40. The number of benzene rings is 2. The summed E-state index contributed by atoms with van der Waals surface area (Å²) in [7, 11) is 0. The third-order valence-electron chi connectivity index (χ3n) is 8.16. The van der Waals surface area contributed by atoms with Crippen LogP contribution in [0.2, 0.25) is 0 Å². The highest BCUT2D eigenvalue weighted by Crippen LogP contribution is 2.37. The van der Waals surface area contributed by atoms with E-state index in [0.29, 0.717) is 56.7 Å². The van der Waals surface area contributed by atoms with E-state index < -0.39 is 6.55 Å². The second kappa shape index (κ2) is 13.2. The number of nitrogens with zero attached hydrogens (tertiary/aromatic N) is 3. The van der Waals surface area contributed by atoms with E-state index in [9.17, 15) is 18.0 Å². The summed E-state index contributed by atoms with van der Waals surface area (Å²) in [5, 5.41) is 0. The van der Waals surface area contributed by atoms with Crippen molar-refractivity contribution in [3.63, 3.8) is 0 Å². The van der Waals surface area contributed by atoms with Crippen LogP contribution in [-0.2, 0) is 4.79 Å². The molecule has 2 heterocycles. The van der Waals surface area contributed by atoms with Crippen molar-refractivity contribution in [3.8, 4) is 0 Å². The lowest BCUT2D eigenvalue weighted by Gasteiger charge is -2.41. The summed E-state index contributed by atoms with van der Waals surface area (Å²) in [6.45, 7) is 11.2. The number of para-hydroxylation sites is 1. The van der Waals surface area contributed by atoms with E-state index in [1.54, 1.807) is 18.2 Å². The molecule has 0 spiro atoms.